The number of carbonyl (C=O) groups excluding carboxylic acids is 2. The van der Waals surface area contributed by atoms with Gasteiger partial charge in [-0.2, -0.15) is 0 Å². The number of sulfonamides is 1. The number of ether oxygens (including phenoxy) is 1. The number of anilines is 1. The summed E-state index contributed by atoms with van der Waals surface area (Å²) in [6, 6.07) is 11.3. The third-order valence-corrected chi connectivity index (χ3v) is 5.96. The minimum atomic E-state index is -3.62. The molecule has 0 fully saturated rings. The van der Waals surface area contributed by atoms with Crippen molar-refractivity contribution in [3.05, 3.63) is 59.2 Å². The lowest BCUT2D eigenvalue weighted by atomic mass is 10.1. The predicted octanol–water partition coefficient (Wildman–Crippen LogP) is 2.74. The summed E-state index contributed by atoms with van der Waals surface area (Å²) >= 11 is 0. The van der Waals surface area contributed by atoms with Gasteiger partial charge in [0.05, 0.1) is 10.5 Å². The zero-order chi connectivity index (χ0) is 21.1. The quantitative estimate of drug-likeness (QED) is 0.748. The highest BCUT2D eigenvalue weighted by Gasteiger charge is 2.22. The van der Waals surface area contributed by atoms with Crippen LogP contribution in [0.3, 0.4) is 0 Å². The molecule has 0 aromatic heterocycles. The molecule has 0 spiro atoms. The molecule has 1 atom stereocenters. The van der Waals surface area contributed by atoms with E-state index < -0.39 is 28.0 Å². The SMILES string of the molecule is Cc1ccc(C)c(C(=O)O[C@@H](C)C(=O)Nc2cccc(S(=O)(=O)N(C)C)c2)c1. The third kappa shape index (κ3) is 4.96. The van der Waals surface area contributed by atoms with Gasteiger partial charge in [0.15, 0.2) is 6.10 Å². The fourth-order valence-electron chi connectivity index (χ4n) is 2.42. The van der Waals surface area contributed by atoms with E-state index in [0.29, 0.717) is 11.3 Å². The number of carbonyl (C=O) groups is 2. The summed E-state index contributed by atoms with van der Waals surface area (Å²) in [6.45, 7) is 5.11. The second-order valence-corrected chi connectivity index (χ2v) is 8.82. The summed E-state index contributed by atoms with van der Waals surface area (Å²) in [5.74, 6) is -1.15. The van der Waals surface area contributed by atoms with Crippen LogP contribution in [0.4, 0.5) is 5.69 Å². The van der Waals surface area contributed by atoms with Crippen molar-refractivity contribution in [1.29, 1.82) is 0 Å². The van der Waals surface area contributed by atoms with Crippen LogP contribution in [0.15, 0.2) is 47.4 Å². The van der Waals surface area contributed by atoms with E-state index in [1.807, 2.05) is 19.1 Å². The van der Waals surface area contributed by atoms with E-state index in [2.05, 4.69) is 5.32 Å². The lowest BCUT2D eigenvalue weighted by molar-refractivity contribution is -0.123. The van der Waals surface area contributed by atoms with Crippen LogP contribution in [-0.4, -0.2) is 44.8 Å². The van der Waals surface area contributed by atoms with Crippen molar-refractivity contribution in [2.45, 2.75) is 31.8 Å². The number of benzene rings is 2. The van der Waals surface area contributed by atoms with Gasteiger partial charge in [-0.15, -0.1) is 0 Å². The first-order valence-electron chi connectivity index (χ1n) is 8.64. The first kappa shape index (κ1) is 21.6. The topological polar surface area (TPSA) is 92.8 Å². The Bertz CT molecular complexity index is 999. The van der Waals surface area contributed by atoms with Crippen molar-refractivity contribution < 1.29 is 22.7 Å². The molecule has 0 aliphatic heterocycles. The van der Waals surface area contributed by atoms with E-state index in [1.165, 1.54) is 39.2 Å². The van der Waals surface area contributed by atoms with Crippen molar-refractivity contribution in [2.24, 2.45) is 0 Å². The Kier molecular flexibility index (Phi) is 6.58. The average molecular weight is 404 g/mol. The van der Waals surface area contributed by atoms with E-state index in [-0.39, 0.29) is 4.90 Å². The van der Waals surface area contributed by atoms with E-state index >= 15 is 0 Å². The van der Waals surface area contributed by atoms with Crippen molar-refractivity contribution in [3.8, 4) is 0 Å². The first-order chi connectivity index (χ1) is 13.0. The molecular weight excluding hydrogens is 380 g/mol. The first-order valence-corrected chi connectivity index (χ1v) is 10.1. The Morgan fingerprint density at radius 3 is 2.39 bits per heavy atom. The van der Waals surface area contributed by atoms with Gasteiger partial charge in [-0.25, -0.2) is 17.5 Å². The zero-order valence-corrected chi connectivity index (χ0v) is 17.3. The number of hydrogen-bond donors (Lipinski definition) is 1. The van der Waals surface area contributed by atoms with E-state index in [0.717, 1.165) is 15.4 Å². The zero-order valence-electron chi connectivity index (χ0n) is 16.5. The summed E-state index contributed by atoms with van der Waals surface area (Å²) in [7, 11) is -0.771. The predicted molar refractivity (Wildman–Crippen MR) is 107 cm³/mol. The molecule has 1 N–H and O–H groups in total. The van der Waals surface area contributed by atoms with Crippen LogP contribution < -0.4 is 5.32 Å². The summed E-state index contributed by atoms with van der Waals surface area (Å²) in [5, 5.41) is 2.58. The number of esters is 1. The smallest absolute Gasteiger partial charge is 0.339 e. The van der Waals surface area contributed by atoms with Crippen LogP contribution >= 0.6 is 0 Å². The highest BCUT2D eigenvalue weighted by Crippen LogP contribution is 2.19. The van der Waals surface area contributed by atoms with Gasteiger partial charge in [0.1, 0.15) is 0 Å². The molecule has 0 heterocycles. The van der Waals surface area contributed by atoms with Crippen molar-refractivity contribution in [2.75, 3.05) is 19.4 Å². The number of amides is 1. The fraction of sp³-hybridized carbons (Fsp3) is 0.300. The maximum absolute atomic E-state index is 12.4. The van der Waals surface area contributed by atoms with E-state index in [1.54, 1.807) is 19.1 Å². The van der Waals surface area contributed by atoms with Gasteiger partial charge in [-0.1, -0.05) is 23.8 Å². The molecule has 0 radical (unpaired) electrons. The van der Waals surface area contributed by atoms with Crippen LogP contribution in [0.1, 0.15) is 28.4 Å². The normalized spacial score (nSPS) is 12.5. The lowest BCUT2D eigenvalue weighted by Gasteiger charge is -2.16. The molecule has 2 aromatic carbocycles. The number of aryl methyl sites for hydroxylation is 2. The highest BCUT2D eigenvalue weighted by molar-refractivity contribution is 7.89. The molecule has 0 bridgehead atoms. The van der Waals surface area contributed by atoms with Gasteiger partial charge in [0.2, 0.25) is 10.0 Å². The van der Waals surface area contributed by atoms with Crippen molar-refractivity contribution in [3.63, 3.8) is 0 Å². The number of nitrogens with one attached hydrogen (secondary N) is 1. The van der Waals surface area contributed by atoms with Crippen molar-refractivity contribution in [1.82, 2.24) is 4.31 Å². The van der Waals surface area contributed by atoms with E-state index in [4.69, 9.17) is 4.74 Å². The van der Waals surface area contributed by atoms with Crippen LogP contribution in [0.2, 0.25) is 0 Å². The molecule has 0 aliphatic carbocycles. The standard InChI is InChI=1S/C20H24N2O5S/c1-13-9-10-14(2)18(11-13)20(24)27-15(3)19(23)21-16-7-6-8-17(12-16)28(25,26)22(4)5/h6-12,15H,1-5H3,(H,21,23)/t15-/m0/s1. The molecule has 0 unspecified atom stereocenters. The third-order valence-electron chi connectivity index (χ3n) is 4.15. The molecule has 0 aliphatic rings. The summed E-state index contributed by atoms with van der Waals surface area (Å²) in [5.41, 5.74) is 2.36. The monoisotopic (exact) mass is 404 g/mol. The molecule has 7 nitrogen and oxygen atoms in total. The summed E-state index contributed by atoms with van der Waals surface area (Å²) in [4.78, 5) is 24.8. The molecule has 1 amide bonds. The molecular formula is C20H24N2O5S. The van der Waals surface area contributed by atoms with Gasteiger partial charge < -0.3 is 10.1 Å². The Labute approximate surface area is 165 Å². The average Bonchev–Trinajstić information content (AvgIpc) is 2.63. The van der Waals surface area contributed by atoms with Crippen LogP contribution in [-0.2, 0) is 19.6 Å². The van der Waals surface area contributed by atoms with Crippen LogP contribution in [0.25, 0.3) is 0 Å². The second-order valence-electron chi connectivity index (χ2n) is 6.67. The number of rotatable bonds is 6. The summed E-state index contributed by atoms with van der Waals surface area (Å²) < 4.78 is 30.8. The molecule has 2 aromatic rings. The van der Waals surface area contributed by atoms with Gasteiger partial charge >= 0.3 is 5.97 Å². The molecule has 0 saturated carbocycles. The summed E-state index contributed by atoms with van der Waals surface area (Å²) in [6.07, 6.45) is -1.05. The second kappa shape index (κ2) is 8.53. The maximum atomic E-state index is 12.4. The van der Waals surface area contributed by atoms with E-state index in [9.17, 15) is 18.0 Å². The molecule has 8 heteroatoms. The molecule has 28 heavy (non-hydrogen) atoms. The van der Waals surface area contributed by atoms with Gasteiger partial charge in [-0.05, 0) is 50.6 Å². The van der Waals surface area contributed by atoms with Crippen molar-refractivity contribution >= 4 is 27.6 Å². The van der Waals surface area contributed by atoms with Gasteiger partial charge in [0, 0.05) is 19.8 Å². The van der Waals surface area contributed by atoms with Gasteiger partial charge in [0.25, 0.3) is 5.91 Å². The Hall–Kier alpha value is -2.71. The molecule has 150 valence electrons. The van der Waals surface area contributed by atoms with Crippen LogP contribution in [0.5, 0.6) is 0 Å². The Morgan fingerprint density at radius 2 is 1.75 bits per heavy atom. The largest absolute Gasteiger partial charge is 0.449 e. The molecule has 2 rings (SSSR count). The molecule has 0 saturated heterocycles. The van der Waals surface area contributed by atoms with Gasteiger partial charge in [-0.3, -0.25) is 4.79 Å². The Balaban J connectivity index is 2.11. The minimum absolute atomic E-state index is 0.0512. The lowest BCUT2D eigenvalue weighted by Crippen LogP contribution is -2.30. The maximum Gasteiger partial charge on any atom is 0.339 e. The highest BCUT2D eigenvalue weighted by atomic mass is 32.2. The fourth-order valence-corrected chi connectivity index (χ4v) is 3.37. The number of hydrogen-bond acceptors (Lipinski definition) is 5. The number of nitrogens with zero attached hydrogens (tertiary/aromatic N) is 1. The Morgan fingerprint density at radius 1 is 1.07 bits per heavy atom. The minimum Gasteiger partial charge on any atom is -0.449 e. The van der Waals surface area contributed by atoms with Crippen LogP contribution in [0, 0.1) is 13.8 Å².